The van der Waals surface area contributed by atoms with Gasteiger partial charge in [0.15, 0.2) is 0 Å². The molecule has 1 N–H and O–H groups in total. The van der Waals surface area contributed by atoms with Crippen LogP contribution in [0, 0.1) is 0 Å². The second kappa shape index (κ2) is 9.35. The first-order valence-corrected chi connectivity index (χ1v) is 11.6. The van der Waals surface area contributed by atoms with E-state index < -0.39 is 10.0 Å². The number of rotatable bonds is 5. The molecule has 1 aromatic carbocycles. The van der Waals surface area contributed by atoms with E-state index in [-0.39, 0.29) is 23.0 Å². The van der Waals surface area contributed by atoms with E-state index in [1.807, 2.05) is 13.8 Å². The number of benzene rings is 1. The summed E-state index contributed by atoms with van der Waals surface area (Å²) in [5.41, 5.74) is 0.606. The fourth-order valence-corrected chi connectivity index (χ4v) is 5.48. The summed E-state index contributed by atoms with van der Waals surface area (Å²) in [5.74, 6) is -0.107. The summed E-state index contributed by atoms with van der Waals surface area (Å²) in [7, 11) is -3.47. The Labute approximate surface area is 168 Å². The van der Waals surface area contributed by atoms with Crippen molar-refractivity contribution in [2.75, 3.05) is 38.0 Å². The molecule has 0 aliphatic carbocycles. The maximum atomic E-state index is 12.8. The van der Waals surface area contributed by atoms with Crippen LogP contribution in [0.2, 0.25) is 0 Å². The zero-order chi connectivity index (χ0) is 20.1. The van der Waals surface area contributed by atoms with E-state index in [0.29, 0.717) is 25.3 Å². The standard InChI is InChI=1S/C20H31N3O4S/c1-16-13-22(14-17(2)27-16)15-20(24)21-18-7-9-19(10-8-18)28(25,26)23-11-5-3-4-6-12-23/h7-10,16-17H,3-6,11-15H2,1-2H3,(H,21,24)/t16-,17-/m1/s1. The second-order valence-corrected chi connectivity index (χ2v) is 9.78. The Kier molecular flexibility index (Phi) is 7.09. The molecule has 156 valence electrons. The maximum absolute atomic E-state index is 12.8. The van der Waals surface area contributed by atoms with E-state index in [9.17, 15) is 13.2 Å². The molecule has 2 aliphatic rings. The van der Waals surface area contributed by atoms with Crippen molar-refractivity contribution in [2.24, 2.45) is 0 Å². The maximum Gasteiger partial charge on any atom is 0.243 e. The molecule has 2 heterocycles. The van der Waals surface area contributed by atoms with Gasteiger partial charge in [-0.2, -0.15) is 4.31 Å². The van der Waals surface area contributed by atoms with E-state index in [1.165, 1.54) is 0 Å². The van der Waals surface area contributed by atoms with Crippen LogP contribution >= 0.6 is 0 Å². The number of hydrogen-bond acceptors (Lipinski definition) is 5. The van der Waals surface area contributed by atoms with Crippen molar-refractivity contribution in [3.05, 3.63) is 24.3 Å². The van der Waals surface area contributed by atoms with Crippen LogP contribution in [0.15, 0.2) is 29.2 Å². The van der Waals surface area contributed by atoms with E-state index >= 15 is 0 Å². The van der Waals surface area contributed by atoms with Crippen LogP contribution in [0.3, 0.4) is 0 Å². The second-order valence-electron chi connectivity index (χ2n) is 7.84. The molecule has 0 bridgehead atoms. The molecule has 2 aliphatic heterocycles. The quantitative estimate of drug-likeness (QED) is 0.807. The lowest BCUT2D eigenvalue weighted by atomic mass is 10.2. The summed E-state index contributed by atoms with van der Waals surface area (Å²) in [5, 5.41) is 2.86. The van der Waals surface area contributed by atoms with Crippen LogP contribution in [-0.4, -0.2) is 68.5 Å². The number of carbonyl (C=O) groups excluding carboxylic acids is 1. The molecule has 2 fully saturated rings. The molecule has 7 nitrogen and oxygen atoms in total. The molecule has 0 spiro atoms. The summed E-state index contributed by atoms with van der Waals surface area (Å²) < 4.78 is 32.9. The lowest BCUT2D eigenvalue weighted by Crippen LogP contribution is -2.48. The van der Waals surface area contributed by atoms with Crippen molar-refractivity contribution in [3.63, 3.8) is 0 Å². The highest BCUT2D eigenvalue weighted by Gasteiger charge is 2.26. The largest absolute Gasteiger partial charge is 0.373 e. The van der Waals surface area contributed by atoms with Gasteiger partial charge in [0.05, 0.1) is 23.6 Å². The highest BCUT2D eigenvalue weighted by molar-refractivity contribution is 7.89. The zero-order valence-electron chi connectivity index (χ0n) is 16.8. The molecule has 0 saturated carbocycles. The summed E-state index contributed by atoms with van der Waals surface area (Å²) >= 11 is 0. The van der Waals surface area contributed by atoms with Gasteiger partial charge in [-0.05, 0) is 51.0 Å². The van der Waals surface area contributed by atoms with E-state index in [4.69, 9.17) is 4.74 Å². The van der Waals surface area contributed by atoms with Gasteiger partial charge < -0.3 is 10.1 Å². The highest BCUT2D eigenvalue weighted by Crippen LogP contribution is 2.22. The first-order chi connectivity index (χ1) is 13.3. The van der Waals surface area contributed by atoms with Gasteiger partial charge in [-0.15, -0.1) is 0 Å². The number of sulfonamides is 1. The van der Waals surface area contributed by atoms with Gasteiger partial charge in [0.25, 0.3) is 0 Å². The zero-order valence-corrected chi connectivity index (χ0v) is 17.6. The van der Waals surface area contributed by atoms with E-state index in [0.717, 1.165) is 38.8 Å². The minimum absolute atomic E-state index is 0.107. The van der Waals surface area contributed by atoms with Gasteiger partial charge in [0.2, 0.25) is 15.9 Å². The lowest BCUT2D eigenvalue weighted by molar-refractivity contribution is -0.121. The smallest absolute Gasteiger partial charge is 0.243 e. The molecule has 28 heavy (non-hydrogen) atoms. The predicted octanol–water partition coefficient (Wildman–Crippen LogP) is 2.30. The normalized spacial score (nSPS) is 25.2. The number of nitrogens with zero attached hydrogens (tertiary/aromatic N) is 2. The van der Waals surface area contributed by atoms with Gasteiger partial charge in [-0.1, -0.05) is 12.8 Å². The van der Waals surface area contributed by atoms with Crippen LogP contribution < -0.4 is 5.32 Å². The average molecular weight is 410 g/mol. The molecule has 3 rings (SSSR count). The number of anilines is 1. The summed E-state index contributed by atoms with van der Waals surface area (Å²) in [6, 6.07) is 6.48. The SMILES string of the molecule is C[C@@H]1CN(CC(=O)Nc2ccc(S(=O)(=O)N3CCCCCC3)cc2)C[C@@H](C)O1. The molecule has 0 aromatic heterocycles. The molecule has 1 aromatic rings. The van der Waals surface area contributed by atoms with Gasteiger partial charge in [0, 0.05) is 31.9 Å². The molecule has 1 amide bonds. The Hall–Kier alpha value is -1.48. The fraction of sp³-hybridized carbons (Fsp3) is 0.650. The van der Waals surface area contributed by atoms with E-state index in [1.54, 1.807) is 28.6 Å². The molecular formula is C20H31N3O4S. The van der Waals surface area contributed by atoms with Crippen molar-refractivity contribution in [1.29, 1.82) is 0 Å². The number of carbonyl (C=O) groups is 1. The van der Waals surface area contributed by atoms with Crippen LogP contribution in [0.25, 0.3) is 0 Å². The van der Waals surface area contributed by atoms with Gasteiger partial charge in [-0.3, -0.25) is 9.69 Å². The van der Waals surface area contributed by atoms with Crippen molar-refractivity contribution in [3.8, 4) is 0 Å². The molecule has 0 unspecified atom stereocenters. The molecule has 2 atom stereocenters. The number of morpholine rings is 1. The van der Waals surface area contributed by atoms with Gasteiger partial charge in [0.1, 0.15) is 0 Å². The first-order valence-electron chi connectivity index (χ1n) is 10.1. The van der Waals surface area contributed by atoms with Gasteiger partial charge >= 0.3 is 0 Å². The van der Waals surface area contributed by atoms with Crippen molar-refractivity contribution in [2.45, 2.75) is 56.6 Å². The number of amides is 1. The Bertz CT molecular complexity index is 748. The monoisotopic (exact) mass is 409 g/mol. The molecule has 0 radical (unpaired) electrons. The Morgan fingerprint density at radius 2 is 1.61 bits per heavy atom. The summed E-state index contributed by atoms with van der Waals surface area (Å²) in [6.07, 6.45) is 4.20. The van der Waals surface area contributed by atoms with Crippen LogP contribution in [0.5, 0.6) is 0 Å². The minimum atomic E-state index is -3.47. The summed E-state index contributed by atoms with van der Waals surface area (Å²) in [4.78, 5) is 14.7. The third-order valence-corrected chi connectivity index (χ3v) is 7.12. The molecule has 8 heteroatoms. The number of nitrogens with one attached hydrogen (secondary N) is 1. The van der Waals surface area contributed by atoms with Crippen LogP contribution in [-0.2, 0) is 19.6 Å². The van der Waals surface area contributed by atoms with Crippen LogP contribution in [0.1, 0.15) is 39.5 Å². The predicted molar refractivity (Wildman–Crippen MR) is 109 cm³/mol. The minimum Gasteiger partial charge on any atom is -0.373 e. The summed E-state index contributed by atoms with van der Waals surface area (Å²) in [6.45, 7) is 6.92. The van der Waals surface area contributed by atoms with Gasteiger partial charge in [-0.25, -0.2) is 8.42 Å². The fourth-order valence-electron chi connectivity index (χ4n) is 3.96. The van der Waals surface area contributed by atoms with Crippen molar-refractivity contribution >= 4 is 21.6 Å². The van der Waals surface area contributed by atoms with Crippen LogP contribution in [0.4, 0.5) is 5.69 Å². The third kappa shape index (κ3) is 5.53. The Morgan fingerprint density at radius 3 is 2.18 bits per heavy atom. The Morgan fingerprint density at radius 1 is 1.04 bits per heavy atom. The lowest BCUT2D eigenvalue weighted by Gasteiger charge is -2.34. The first kappa shape index (κ1) is 21.2. The molecular weight excluding hydrogens is 378 g/mol. The molecule has 2 saturated heterocycles. The van der Waals surface area contributed by atoms with Crippen molar-refractivity contribution < 1.29 is 17.9 Å². The number of hydrogen-bond donors (Lipinski definition) is 1. The highest BCUT2D eigenvalue weighted by atomic mass is 32.2. The number of ether oxygens (including phenoxy) is 1. The average Bonchev–Trinajstić information content (AvgIpc) is 2.91. The topological polar surface area (TPSA) is 79.0 Å². The van der Waals surface area contributed by atoms with Crippen molar-refractivity contribution in [1.82, 2.24) is 9.21 Å². The third-order valence-electron chi connectivity index (χ3n) is 5.20. The van der Waals surface area contributed by atoms with E-state index in [2.05, 4.69) is 10.2 Å². The Balaban J connectivity index is 1.58.